The summed E-state index contributed by atoms with van der Waals surface area (Å²) in [7, 11) is 0. The number of hydrogen-bond donors (Lipinski definition) is 1. The molecule has 1 N–H and O–H groups in total. The van der Waals surface area contributed by atoms with E-state index in [0.717, 1.165) is 0 Å². The molecular weight excluding hydrogens is 206 g/mol. The molecule has 0 amide bonds. The zero-order valence-electron chi connectivity index (χ0n) is 13.2. The third-order valence-corrected chi connectivity index (χ3v) is 5.25. The van der Waals surface area contributed by atoms with Gasteiger partial charge in [-0.25, -0.2) is 0 Å². The first-order valence-corrected chi connectivity index (χ1v) is 7.86. The third-order valence-electron chi connectivity index (χ3n) is 5.25. The average Bonchev–Trinajstić information content (AvgIpc) is 2.39. The largest absolute Gasteiger partial charge is 0.311 e. The minimum Gasteiger partial charge on any atom is -0.311 e. The topological polar surface area (TPSA) is 12.0 Å². The second kappa shape index (κ2) is 8.13. The molecule has 0 spiro atoms. The van der Waals surface area contributed by atoms with Gasteiger partial charge in [0.05, 0.1) is 0 Å². The van der Waals surface area contributed by atoms with E-state index < -0.39 is 0 Å². The van der Waals surface area contributed by atoms with E-state index in [1.807, 2.05) is 0 Å². The van der Waals surface area contributed by atoms with Crippen molar-refractivity contribution < 1.29 is 0 Å². The molecule has 104 valence electrons. The number of hydrogen-bond acceptors (Lipinski definition) is 1. The maximum Gasteiger partial charge on any atom is 0.0232 e. The van der Waals surface area contributed by atoms with Gasteiger partial charge in [-0.05, 0) is 50.5 Å². The summed E-state index contributed by atoms with van der Waals surface area (Å²) >= 11 is 0. The lowest BCUT2D eigenvalue weighted by atomic mass is 9.61. The Kier molecular flexibility index (Phi) is 8.11. The lowest BCUT2D eigenvalue weighted by molar-refractivity contribution is 0.0543. The molecule has 0 aromatic heterocycles. The fourth-order valence-electron chi connectivity index (χ4n) is 3.71. The summed E-state index contributed by atoms with van der Waals surface area (Å²) in [6.45, 7) is 15.3. The van der Waals surface area contributed by atoms with Gasteiger partial charge in [0.15, 0.2) is 0 Å². The zero-order valence-corrected chi connectivity index (χ0v) is 13.2. The van der Waals surface area contributed by atoms with E-state index in [1.54, 1.807) is 0 Å². The van der Waals surface area contributed by atoms with Crippen LogP contribution in [0.5, 0.6) is 0 Å². The molecule has 0 atom stereocenters. The number of rotatable bonds is 10. The lowest BCUT2D eigenvalue weighted by Gasteiger charge is -2.51. The molecule has 0 radical (unpaired) electrons. The molecular formula is C16H35N. The van der Waals surface area contributed by atoms with E-state index in [9.17, 15) is 0 Å². The van der Waals surface area contributed by atoms with Crippen molar-refractivity contribution in [2.45, 2.75) is 92.0 Å². The van der Waals surface area contributed by atoms with Crippen LogP contribution in [0.4, 0.5) is 0 Å². The van der Waals surface area contributed by atoms with Crippen LogP contribution in [0.15, 0.2) is 0 Å². The van der Waals surface area contributed by atoms with Gasteiger partial charge >= 0.3 is 0 Å². The molecule has 0 saturated heterocycles. The molecule has 0 saturated carbocycles. The maximum absolute atomic E-state index is 3.93. The predicted molar refractivity (Wildman–Crippen MR) is 79.5 cm³/mol. The third kappa shape index (κ3) is 3.47. The van der Waals surface area contributed by atoms with Crippen molar-refractivity contribution in [2.75, 3.05) is 6.54 Å². The van der Waals surface area contributed by atoms with E-state index in [1.165, 1.54) is 51.5 Å². The lowest BCUT2D eigenvalue weighted by Crippen LogP contribution is -2.57. The minimum absolute atomic E-state index is 0.348. The quantitative estimate of drug-likeness (QED) is 0.521. The van der Waals surface area contributed by atoms with E-state index in [2.05, 4.69) is 46.9 Å². The standard InChI is InChI=1S/C16H35N/c1-7-13-14-17-16(11-5,12-6)15(8-2,9-3)10-4/h17H,7-14H2,1-6H3. The maximum atomic E-state index is 3.93. The van der Waals surface area contributed by atoms with Crippen molar-refractivity contribution >= 4 is 0 Å². The van der Waals surface area contributed by atoms with Gasteiger partial charge in [-0.1, -0.05) is 48.0 Å². The van der Waals surface area contributed by atoms with Gasteiger partial charge in [0, 0.05) is 5.54 Å². The van der Waals surface area contributed by atoms with Crippen molar-refractivity contribution in [1.29, 1.82) is 0 Å². The fraction of sp³-hybridized carbons (Fsp3) is 1.00. The fourth-order valence-corrected chi connectivity index (χ4v) is 3.71. The van der Waals surface area contributed by atoms with Crippen LogP contribution in [-0.2, 0) is 0 Å². The van der Waals surface area contributed by atoms with Crippen molar-refractivity contribution in [3.63, 3.8) is 0 Å². The smallest absolute Gasteiger partial charge is 0.0232 e. The van der Waals surface area contributed by atoms with Gasteiger partial charge in [-0.3, -0.25) is 0 Å². The molecule has 0 unspecified atom stereocenters. The van der Waals surface area contributed by atoms with E-state index in [-0.39, 0.29) is 0 Å². The van der Waals surface area contributed by atoms with E-state index in [0.29, 0.717) is 11.0 Å². The molecule has 0 aromatic carbocycles. The van der Waals surface area contributed by atoms with Gasteiger partial charge < -0.3 is 5.32 Å². The summed E-state index contributed by atoms with van der Waals surface area (Å²) in [6.07, 6.45) is 8.97. The summed E-state index contributed by atoms with van der Waals surface area (Å²) in [4.78, 5) is 0. The summed E-state index contributed by atoms with van der Waals surface area (Å²) in [5.74, 6) is 0. The van der Waals surface area contributed by atoms with Crippen molar-refractivity contribution in [3.05, 3.63) is 0 Å². The Balaban J connectivity index is 4.98. The molecule has 0 aliphatic heterocycles. The highest BCUT2D eigenvalue weighted by molar-refractivity contribution is 5.01. The molecule has 0 rings (SSSR count). The van der Waals surface area contributed by atoms with Crippen LogP contribution in [0.25, 0.3) is 0 Å². The second-order valence-electron chi connectivity index (χ2n) is 5.41. The minimum atomic E-state index is 0.348. The first kappa shape index (κ1) is 17.0. The Morgan fingerprint density at radius 3 is 1.47 bits per heavy atom. The van der Waals surface area contributed by atoms with Gasteiger partial charge in [0.1, 0.15) is 0 Å². The number of nitrogens with one attached hydrogen (secondary N) is 1. The highest BCUT2D eigenvalue weighted by Crippen LogP contribution is 2.45. The van der Waals surface area contributed by atoms with Gasteiger partial charge in [0.2, 0.25) is 0 Å². The summed E-state index contributed by atoms with van der Waals surface area (Å²) in [5, 5.41) is 3.93. The first-order valence-electron chi connectivity index (χ1n) is 7.86. The van der Waals surface area contributed by atoms with Crippen LogP contribution in [0.2, 0.25) is 0 Å². The molecule has 1 nitrogen and oxygen atoms in total. The average molecular weight is 241 g/mol. The van der Waals surface area contributed by atoms with Gasteiger partial charge in [-0.2, -0.15) is 0 Å². The molecule has 17 heavy (non-hydrogen) atoms. The van der Waals surface area contributed by atoms with E-state index >= 15 is 0 Å². The summed E-state index contributed by atoms with van der Waals surface area (Å²) < 4.78 is 0. The second-order valence-corrected chi connectivity index (χ2v) is 5.41. The van der Waals surface area contributed by atoms with Crippen LogP contribution < -0.4 is 5.32 Å². The van der Waals surface area contributed by atoms with Crippen LogP contribution in [0, 0.1) is 5.41 Å². The van der Waals surface area contributed by atoms with Crippen LogP contribution >= 0.6 is 0 Å². The Labute approximate surface area is 110 Å². The Hall–Kier alpha value is -0.0400. The summed E-state index contributed by atoms with van der Waals surface area (Å²) in [5.41, 5.74) is 0.824. The molecule has 0 aliphatic rings. The molecule has 0 heterocycles. The summed E-state index contributed by atoms with van der Waals surface area (Å²) in [6, 6.07) is 0. The molecule has 0 aliphatic carbocycles. The molecule has 1 heteroatoms. The van der Waals surface area contributed by atoms with Crippen molar-refractivity contribution in [2.24, 2.45) is 5.41 Å². The predicted octanol–water partition coefficient (Wildman–Crippen LogP) is 5.15. The van der Waals surface area contributed by atoms with Gasteiger partial charge in [0.25, 0.3) is 0 Å². The van der Waals surface area contributed by atoms with Crippen LogP contribution in [-0.4, -0.2) is 12.1 Å². The normalized spacial score (nSPS) is 13.1. The molecule has 0 fully saturated rings. The van der Waals surface area contributed by atoms with Crippen molar-refractivity contribution in [3.8, 4) is 0 Å². The molecule has 0 aromatic rings. The highest BCUT2D eigenvalue weighted by Gasteiger charge is 2.44. The van der Waals surface area contributed by atoms with Crippen LogP contribution in [0.1, 0.15) is 86.5 Å². The number of unbranched alkanes of at least 4 members (excludes halogenated alkanes) is 1. The van der Waals surface area contributed by atoms with Gasteiger partial charge in [-0.15, -0.1) is 0 Å². The SMILES string of the molecule is CCCCNC(CC)(CC)C(CC)(CC)CC. The Morgan fingerprint density at radius 2 is 1.18 bits per heavy atom. The Bertz CT molecular complexity index is 170. The molecule has 0 bridgehead atoms. The monoisotopic (exact) mass is 241 g/mol. The van der Waals surface area contributed by atoms with Crippen LogP contribution in [0.3, 0.4) is 0 Å². The van der Waals surface area contributed by atoms with E-state index in [4.69, 9.17) is 0 Å². The first-order chi connectivity index (χ1) is 8.11. The van der Waals surface area contributed by atoms with Crippen molar-refractivity contribution in [1.82, 2.24) is 5.32 Å². The highest BCUT2D eigenvalue weighted by atomic mass is 15.0. The Morgan fingerprint density at radius 1 is 0.706 bits per heavy atom. The zero-order chi connectivity index (χ0) is 13.4.